The number of aliphatic hydroxyl groups is 3. The molecule has 0 radical (unpaired) electrons. The third-order valence-electron chi connectivity index (χ3n) is 3.08. The van der Waals surface area contributed by atoms with E-state index < -0.39 is 23.3 Å². The van der Waals surface area contributed by atoms with Crippen molar-refractivity contribution in [3.05, 3.63) is 36.5 Å². The summed E-state index contributed by atoms with van der Waals surface area (Å²) in [5.41, 5.74) is -0.255. The molecule has 0 aromatic rings. The van der Waals surface area contributed by atoms with Gasteiger partial charge in [0, 0.05) is 35.3 Å². The summed E-state index contributed by atoms with van der Waals surface area (Å²) in [6, 6.07) is 0. The lowest BCUT2D eigenvalue weighted by atomic mass is 9.88. The Balaban J connectivity index is -0.000000161. The van der Waals surface area contributed by atoms with Gasteiger partial charge in [-0.3, -0.25) is 0 Å². The summed E-state index contributed by atoms with van der Waals surface area (Å²) in [6.07, 6.45) is 0.477. The fraction of sp³-hybridized carbons (Fsp3) is 0.550. The van der Waals surface area contributed by atoms with Crippen LogP contribution in [0.25, 0.3) is 0 Å². The molecule has 176 valence electrons. The lowest BCUT2D eigenvalue weighted by molar-refractivity contribution is -0.133. The fourth-order valence-electron chi connectivity index (χ4n) is 0.820. The highest BCUT2D eigenvalue weighted by atomic mass is 16.5. The molecule has 0 amide bonds. The van der Waals surface area contributed by atoms with Crippen LogP contribution in [0.1, 0.15) is 34.1 Å². The Hall–Kier alpha value is -2.53. The molecule has 0 spiro atoms. The van der Waals surface area contributed by atoms with Gasteiger partial charge in [-0.25, -0.2) is 14.4 Å². The monoisotopic (exact) mass is 436 g/mol. The zero-order chi connectivity index (χ0) is 24.9. The third-order valence-corrected chi connectivity index (χ3v) is 3.08. The van der Waals surface area contributed by atoms with Crippen LogP contribution < -0.4 is 0 Å². The first kappa shape index (κ1) is 34.9. The zero-order valence-corrected chi connectivity index (χ0v) is 18.2. The van der Waals surface area contributed by atoms with Crippen LogP contribution in [0.5, 0.6) is 0 Å². The zero-order valence-electron chi connectivity index (χ0n) is 18.2. The van der Waals surface area contributed by atoms with Gasteiger partial charge < -0.3 is 35.4 Å². The lowest BCUT2D eigenvalue weighted by Gasteiger charge is -2.26. The van der Waals surface area contributed by atoms with Crippen molar-refractivity contribution in [2.75, 3.05) is 33.0 Å². The predicted molar refractivity (Wildman–Crippen MR) is 112 cm³/mol. The van der Waals surface area contributed by atoms with Crippen LogP contribution in [0.15, 0.2) is 36.5 Å². The minimum atomic E-state index is -0.935. The van der Waals surface area contributed by atoms with Crippen LogP contribution in [0.4, 0.5) is 0 Å². The van der Waals surface area contributed by atoms with Crippen molar-refractivity contribution >= 4 is 17.9 Å². The van der Waals surface area contributed by atoms with Crippen molar-refractivity contribution in [3.63, 3.8) is 0 Å². The smallest absolute Gasteiger partial charge is 0.330 e. The van der Waals surface area contributed by atoms with Gasteiger partial charge in [0.15, 0.2) is 0 Å². The number of carboxylic acid groups (broad SMARTS) is 3. The largest absolute Gasteiger partial charge is 0.478 e. The van der Waals surface area contributed by atoms with Gasteiger partial charge in [-0.15, -0.1) is 0 Å². The van der Waals surface area contributed by atoms with Gasteiger partial charge in [-0.1, -0.05) is 19.7 Å². The van der Waals surface area contributed by atoms with E-state index >= 15 is 0 Å². The molecule has 0 aromatic heterocycles. The molecular formula is C20H36O10. The normalized spacial score (nSPS) is 9.30. The van der Waals surface area contributed by atoms with Crippen molar-refractivity contribution in [2.45, 2.75) is 34.1 Å². The maximum Gasteiger partial charge on any atom is 0.330 e. The molecule has 0 unspecified atom stereocenters. The minimum absolute atomic E-state index is 0.176. The number of aliphatic hydroxyl groups excluding tert-OH is 3. The number of carboxylic acids is 3. The number of hydrogen-bond acceptors (Lipinski definition) is 7. The first-order valence-electron chi connectivity index (χ1n) is 8.74. The quantitative estimate of drug-likeness (QED) is 0.216. The number of aliphatic carboxylic acids is 3. The van der Waals surface area contributed by atoms with E-state index in [9.17, 15) is 14.4 Å². The molecule has 10 nitrogen and oxygen atoms in total. The first-order valence-corrected chi connectivity index (χ1v) is 8.74. The van der Waals surface area contributed by atoms with E-state index in [1.165, 1.54) is 20.8 Å². The molecule has 0 heterocycles. The van der Waals surface area contributed by atoms with E-state index in [0.29, 0.717) is 19.6 Å². The van der Waals surface area contributed by atoms with Crippen LogP contribution in [0, 0.1) is 5.41 Å². The Bertz CT molecular complexity index is 446. The summed E-state index contributed by atoms with van der Waals surface area (Å²) in [4.78, 5) is 28.8. The van der Waals surface area contributed by atoms with Crippen LogP contribution in [0.3, 0.4) is 0 Å². The van der Waals surface area contributed by atoms with Crippen molar-refractivity contribution in [2.24, 2.45) is 5.41 Å². The Kier molecular flexibility index (Phi) is 24.7. The Morgan fingerprint density at radius 3 is 1.10 bits per heavy atom. The number of carbonyl (C=O) groups is 3. The van der Waals surface area contributed by atoms with Crippen LogP contribution in [-0.4, -0.2) is 81.6 Å². The maximum absolute atomic E-state index is 9.60. The summed E-state index contributed by atoms with van der Waals surface area (Å²) < 4.78 is 5.06. The predicted octanol–water partition coefficient (Wildman–Crippen LogP) is 1.32. The van der Waals surface area contributed by atoms with Crippen molar-refractivity contribution in [1.29, 1.82) is 0 Å². The summed E-state index contributed by atoms with van der Waals surface area (Å²) in [6.45, 7) is 16.1. The Morgan fingerprint density at radius 1 is 0.733 bits per heavy atom. The second-order valence-corrected chi connectivity index (χ2v) is 6.18. The Morgan fingerprint density at radius 2 is 0.967 bits per heavy atom. The average molecular weight is 436 g/mol. The summed E-state index contributed by atoms with van der Waals surface area (Å²) >= 11 is 0. The molecule has 0 fully saturated rings. The summed E-state index contributed by atoms with van der Waals surface area (Å²) in [5.74, 6) is -2.81. The minimum Gasteiger partial charge on any atom is -0.478 e. The van der Waals surface area contributed by atoms with Gasteiger partial charge >= 0.3 is 17.9 Å². The number of hydrogen-bond donors (Lipinski definition) is 6. The number of rotatable bonds is 10. The van der Waals surface area contributed by atoms with E-state index in [1.54, 1.807) is 0 Å². The van der Waals surface area contributed by atoms with Gasteiger partial charge in [0.2, 0.25) is 0 Å². The molecule has 0 bridgehead atoms. The van der Waals surface area contributed by atoms with E-state index in [2.05, 4.69) is 19.7 Å². The number of ether oxygens (including phenoxy) is 1. The molecule has 30 heavy (non-hydrogen) atoms. The van der Waals surface area contributed by atoms with Gasteiger partial charge in [0.1, 0.15) is 0 Å². The Labute approximate surface area is 177 Å². The molecule has 0 aliphatic heterocycles. The van der Waals surface area contributed by atoms with Crippen LogP contribution >= 0.6 is 0 Å². The molecule has 0 aliphatic rings. The van der Waals surface area contributed by atoms with E-state index in [0.717, 1.165) is 0 Å². The molecule has 0 rings (SSSR count). The highest BCUT2D eigenvalue weighted by Crippen LogP contribution is 2.19. The molecule has 0 aliphatic carbocycles. The van der Waals surface area contributed by atoms with Gasteiger partial charge in [-0.05, 0) is 34.1 Å². The highest BCUT2D eigenvalue weighted by molar-refractivity contribution is 5.85. The second-order valence-electron chi connectivity index (χ2n) is 6.18. The maximum atomic E-state index is 9.60. The van der Waals surface area contributed by atoms with Crippen molar-refractivity contribution in [1.82, 2.24) is 0 Å². The van der Waals surface area contributed by atoms with Crippen molar-refractivity contribution in [3.8, 4) is 0 Å². The van der Waals surface area contributed by atoms with Gasteiger partial charge in [0.05, 0.1) is 19.8 Å². The summed E-state index contributed by atoms with van der Waals surface area (Å²) in [5, 5.41) is 50.4. The highest BCUT2D eigenvalue weighted by Gasteiger charge is 2.27. The molecule has 10 heteroatoms. The lowest BCUT2D eigenvalue weighted by Crippen LogP contribution is -2.35. The van der Waals surface area contributed by atoms with Gasteiger partial charge in [0.25, 0.3) is 0 Å². The molecular weight excluding hydrogens is 400 g/mol. The fourth-order valence-corrected chi connectivity index (χ4v) is 0.820. The molecule has 0 saturated carbocycles. The topological polar surface area (TPSA) is 182 Å². The molecule has 0 atom stereocenters. The van der Waals surface area contributed by atoms with E-state index in [4.69, 9.17) is 35.4 Å². The second kappa shape index (κ2) is 21.2. The SMILES string of the molecule is C=C(C)C(=O)O.C=C(C)C(=O)O.C=C(C)C(=O)O.CCOCCC(CO)(CO)CO. The third kappa shape index (κ3) is 25.5. The van der Waals surface area contributed by atoms with Crippen LogP contribution in [-0.2, 0) is 19.1 Å². The molecule has 6 N–H and O–H groups in total. The standard InChI is InChI=1S/C8H18O4.3C4H6O2/c1-2-12-4-3-8(5-9,6-10)7-11;3*1-3(2)4(5)6/h9-11H,2-7H2,1H3;3*1H2,2H3,(H,5,6). The van der Waals surface area contributed by atoms with E-state index in [-0.39, 0.29) is 36.5 Å². The van der Waals surface area contributed by atoms with Crippen LogP contribution in [0.2, 0.25) is 0 Å². The molecule has 0 aromatic carbocycles. The van der Waals surface area contributed by atoms with Gasteiger partial charge in [-0.2, -0.15) is 0 Å². The summed E-state index contributed by atoms with van der Waals surface area (Å²) in [7, 11) is 0. The van der Waals surface area contributed by atoms with Crippen molar-refractivity contribution < 1.29 is 49.8 Å². The molecule has 0 saturated heterocycles. The van der Waals surface area contributed by atoms with E-state index in [1.807, 2.05) is 6.92 Å². The average Bonchev–Trinajstić information content (AvgIpc) is 2.67. The first-order chi connectivity index (χ1) is 13.7.